The van der Waals surface area contributed by atoms with Gasteiger partial charge in [0, 0.05) is 24.7 Å². The van der Waals surface area contributed by atoms with E-state index in [0.717, 1.165) is 18.7 Å². The van der Waals surface area contributed by atoms with Crippen LogP contribution in [-0.2, 0) is 4.79 Å². The monoisotopic (exact) mass is 381 g/mol. The molecule has 0 aromatic heterocycles. The van der Waals surface area contributed by atoms with Gasteiger partial charge in [0.05, 0.1) is 12.0 Å². The van der Waals surface area contributed by atoms with Crippen molar-refractivity contribution < 1.29 is 14.7 Å². The lowest BCUT2D eigenvalue weighted by molar-refractivity contribution is -0.143. The van der Waals surface area contributed by atoms with Crippen LogP contribution >= 0.6 is 11.6 Å². The van der Waals surface area contributed by atoms with Crippen molar-refractivity contribution in [1.29, 1.82) is 0 Å². The molecular weight excluding hydrogens is 354 g/mol. The molecule has 1 aliphatic heterocycles. The van der Waals surface area contributed by atoms with Crippen LogP contribution in [0.1, 0.15) is 38.3 Å². The molecule has 1 heterocycles. The number of aliphatic carboxylic acids is 1. The fraction of sp³-hybridized carbons (Fsp3) is 0.579. The minimum absolute atomic E-state index is 0.0253. The minimum atomic E-state index is -0.834. The van der Waals surface area contributed by atoms with E-state index in [4.69, 9.17) is 11.6 Å². The molecule has 1 saturated heterocycles. The maximum atomic E-state index is 12.6. The average molecular weight is 382 g/mol. The van der Waals surface area contributed by atoms with Crippen molar-refractivity contribution in [3.8, 4) is 0 Å². The molecule has 26 heavy (non-hydrogen) atoms. The summed E-state index contributed by atoms with van der Waals surface area (Å²) in [6, 6.07) is 7.45. The summed E-state index contributed by atoms with van der Waals surface area (Å²) >= 11 is 6.38. The van der Waals surface area contributed by atoms with Gasteiger partial charge in [0.25, 0.3) is 0 Å². The first-order valence-corrected chi connectivity index (χ1v) is 9.59. The summed E-state index contributed by atoms with van der Waals surface area (Å²) in [7, 11) is 0. The molecule has 1 aromatic carbocycles. The predicted molar refractivity (Wildman–Crippen MR) is 102 cm³/mol. The number of carbonyl (C=O) groups excluding carboxylic acids is 1. The van der Waals surface area contributed by atoms with Crippen molar-refractivity contribution in [3.63, 3.8) is 0 Å². The van der Waals surface area contributed by atoms with Crippen molar-refractivity contribution in [3.05, 3.63) is 34.9 Å². The fourth-order valence-corrected chi connectivity index (χ4v) is 3.77. The summed E-state index contributed by atoms with van der Waals surface area (Å²) < 4.78 is 0. The lowest BCUT2D eigenvalue weighted by Gasteiger charge is -2.34. The highest BCUT2D eigenvalue weighted by Crippen LogP contribution is 2.27. The molecule has 0 saturated carbocycles. The zero-order valence-corrected chi connectivity index (χ0v) is 16.2. The number of carboxylic acids is 1. The summed E-state index contributed by atoms with van der Waals surface area (Å²) in [5, 5.41) is 12.9. The lowest BCUT2D eigenvalue weighted by atomic mass is 9.99. The number of rotatable bonds is 7. The Morgan fingerprint density at radius 3 is 2.65 bits per heavy atom. The van der Waals surface area contributed by atoms with Crippen molar-refractivity contribution in [2.75, 3.05) is 32.7 Å². The predicted octanol–water partition coefficient (Wildman–Crippen LogP) is 3.23. The normalized spacial score (nSPS) is 18.6. The van der Waals surface area contributed by atoms with E-state index in [1.54, 1.807) is 4.90 Å². The number of likely N-dealkylation sites (tertiary alicyclic amines) is 1. The lowest BCUT2D eigenvalue weighted by Crippen LogP contribution is -2.49. The van der Waals surface area contributed by atoms with Crippen LogP contribution in [0, 0.1) is 5.92 Å². The van der Waals surface area contributed by atoms with E-state index in [1.165, 1.54) is 0 Å². The standard InChI is InChI=1S/C19H28ClN3O3/c1-3-22(4-2)17(15-9-5-6-10-16(15)20)12-21-19(26)23-11-7-8-14(13-23)18(24)25/h5-6,9-10,14,17H,3-4,7-8,11-13H2,1-2H3,(H,21,26)(H,24,25). The summed E-state index contributed by atoms with van der Waals surface area (Å²) in [6.45, 7) is 7.13. The molecule has 0 bridgehead atoms. The third kappa shape index (κ3) is 5.11. The number of carbonyl (C=O) groups is 2. The SMILES string of the molecule is CCN(CC)C(CNC(=O)N1CCCC(C(=O)O)C1)c1ccccc1Cl. The van der Waals surface area contributed by atoms with Crippen LogP contribution in [0.2, 0.25) is 5.02 Å². The van der Waals surface area contributed by atoms with Crippen LogP contribution in [0.3, 0.4) is 0 Å². The van der Waals surface area contributed by atoms with E-state index in [0.29, 0.717) is 31.0 Å². The second kappa shape index (κ2) is 9.78. The Morgan fingerprint density at radius 2 is 2.04 bits per heavy atom. The number of hydrogen-bond donors (Lipinski definition) is 2. The Balaban J connectivity index is 2.05. The summed E-state index contributed by atoms with van der Waals surface area (Å²) in [4.78, 5) is 27.6. The number of nitrogens with zero attached hydrogens (tertiary/aromatic N) is 2. The summed E-state index contributed by atoms with van der Waals surface area (Å²) in [5.74, 6) is -1.31. The minimum Gasteiger partial charge on any atom is -0.481 e. The highest BCUT2D eigenvalue weighted by molar-refractivity contribution is 6.31. The number of benzene rings is 1. The molecule has 1 fully saturated rings. The first-order valence-electron chi connectivity index (χ1n) is 9.21. The zero-order chi connectivity index (χ0) is 19.1. The van der Waals surface area contributed by atoms with Gasteiger partial charge in [-0.15, -0.1) is 0 Å². The number of likely N-dealkylation sites (N-methyl/N-ethyl adjacent to an activating group) is 1. The molecule has 2 unspecified atom stereocenters. The van der Waals surface area contributed by atoms with Crippen molar-refractivity contribution >= 4 is 23.6 Å². The van der Waals surface area contributed by atoms with E-state index in [-0.39, 0.29) is 18.6 Å². The third-order valence-electron chi connectivity index (χ3n) is 5.02. The molecule has 1 aliphatic rings. The number of piperidine rings is 1. The van der Waals surface area contributed by atoms with Crippen LogP contribution in [0.5, 0.6) is 0 Å². The number of hydrogen-bond acceptors (Lipinski definition) is 3. The Labute approximate surface area is 160 Å². The Bertz CT molecular complexity index is 622. The topological polar surface area (TPSA) is 72.9 Å². The maximum absolute atomic E-state index is 12.6. The first-order chi connectivity index (χ1) is 12.5. The number of amides is 2. The van der Waals surface area contributed by atoms with E-state index >= 15 is 0 Å². The van der Waals surface area contributed by atoms with Gasteiger partial charge in [0.2, 0.25) is 0 Å². The van der Waals surface area contributed by atoms with Crippen LogP contribution in [0.25, 0.3) is 0 Å². The summed E-state index contributed by atoms with van der Waals surface area (Å²) in [6.07, 6.45) is 1.34. The highest BCUT2D eigenvalue weighted by Gasteiger charge is 2.29. The molecule has 0 radical (unpaired) electrons. The van der Waals surface area contributed by atoms with Crippen LogP contribution in [-0.4, -0.2) is 59.6 Å². The number of carboxylic acid groups (broad SMARTS) is 1. The van der Waals surface area contributed by atoms with Gasteiger partial charge < -0.3 is 15.3 Å². The second-order valence-corrected chi connectivity index (χ2v) is 6.98. The first kappa shape index (κ1) is 20.5. The molecule has 2 amide bonds. The van der Waals surface area contributed by atoms with E-state index in [9.17, 15) is 14.7 Å². The number of nitrogens with one attached hydrogen (secondary N) is 1. The second-order valence-electron chi connectivity index (χ2n) is 6.57. The molecule has 0 aliphatic carbocycles. The van der Waals surface area contributed by atoms with Crippen LogP contribution in [0.15, 0.2) is 24.3 Å². The number of halogens is 1. The molecular formula is C19H28ClN3O3. The molecule has 0 spiro atoms. The maximum Gasteiger partial charge on any atom is 0.317 e. The quantitative estimate of drug-likeness (QED) is 0.760. The van der Waals surface area contributed by atoms with E-state index < -0.39 is 11.9 Å². The largest absolute Gasteiger partial charge is 0.481 e. The van der Waals surface area contributed by atoms with Gasteiger partial charge in [-0.25, -0.2) is 4.79 Å². The molecule has 7 heteroatoms. The third-order valence-corrected chi connectivity index (χ3v) is 5.37. The van der Waals surface area contributed by atoms with Crippen molar-refractivity contribution in [2.45, 2.75) is 32.7 Å². The van der Waals surface area contributed by atoms with Gasteiger partial charge in [-0.2, -0.15) is 0 Å². The van der Waals surface area contributed by atoms with Crippen LogP contribution < -0.4 is 5.32 Å². The fourth-order valence-electron chi connectivity index (χ4n) is 3.50. The Morgan fingerprint density at radius 1 is 1.35 bits per heavy atom. The molecule has 2 atom stereocenters. The molecule has 144 valence electrons. The molecule has 6 nitrogen and oxygen atoms in total. The van der Waals surface area contributed by atoms with Gasteiger partial charge >= 0.3 is 12.0 Å². The van der Waals surface area contributed by atoms with E-state index in [1.807, 2.05) is 24.3 Å². The van der Waals surface area contributed by atoms with Crippen molar-refractivity contribution in [1.82, 2.24) is 15.1 Å². The van der Waals surface area contributed by atoms with Gasteiger partial charge in [0.1, 0.15) is 0 Å². The molecule has 2 N–H and O–H groups in total. The molecule has 1 aromatic rings. The molecule has 2 rings (SSSR count). The van der Waals surface area contributed by atoms with E-state index in [2.05, 4.69) is 24.1 Å². The van der Waals surface area contributed by atoms with Crippen LogP contribution in [0.4, 0.5) is 4.79 Å². The van der Waals surface area contributed by atoms with Gasteiger partial charge in [-0.1, -0.05) is 43.6 Å². The highest BCUT2D eigenvalue weighted by atomic mass is 35.5. The van der Waals surface area contributed by atoms with Gasteiger partial charge in [-0.05, 0) is 37.6 Å². The number of urea groups is 1. The van der Waals surface area contributed by atoms with Gasteiger partial charge in [0.15, 0.2) is 0 Å². The Kier molecular flexibility index (Phi) is 7.72. The summed E-state index contributed by atoms with van der Waals surface area (Å²) in [5.41, 5.74) is 0.986. The smallest absolute Gasteiger partial charge is 0.317 e. The zero-order valence-electron chi connectivity index (χ0n) is 15.4. The van der Waals surface area contributed by atoms with Gasteiger partial charge in [-0.3, -0.25) is 9.69 Å². The van der Waals surface area contributed by atoms with Crippen molar-refractivity contribution in [2.24, 2.45) is 5.92 Å². The average Bonchev–Trinajstić information content (AvgIpc) is 2.65. The Hall–Kier alpha value is -1.79.